The minimum atomic E-state index is 0.723. The minimum Gasteiger partial charge on any atom is -0.472 e. The van der Waals surface area contributed by atoms with E-state index in [1.54, 1.807) is 12.5 Å². The number of rotatable bonds is 1. The molecule has 0 saturated carbocycles. The average Bonchev–Trinajstić information content (AvgIpc) is 2.17. The zero-order valence-electron chi connectivity index (χ0n) is 6.49. The fourth-order valence-corrected chi connectivity index (χ4v) is 1.26. The van der Waals surface area contributed by atoms with Gasteiger partial charge in [-0.05, 0) is 29.7 Å². The van der Waals surface area contributed by atoms with Gasteiger partial charge in [0, 0.05) is 5.57 Å². The fraction of sp³-hybridized carbons (Fsp3) is 0.100. The number of hydrogen-bond donors (Lipinski definition) is 0. The maximum Gasteiger partial charge on any atom is 0.146 e. The van der Waals surface area contributed by atoms with E-state index in [2.05, 4.69) is 0 Å². The molecule has 0 saturated heterocycles. The van der Waals surface area contributed by atoms with Crippen molar-refractivity contribution in [2.45, 2.75) is 6.42 Å². The molecule has 1 aliphatic heterocycles. The summed E-state index contributed by atoms with van der Waals surface area (Å²) in [5.41, 5.74) is 2.90. The van der Waals surface area contributed by atoms with Crippen molar-refractivity contribution in [1.82, 2.24) is 0 Å². The lowest BCUT2D eigenvalue weighted by Gasteiger charge is -2.13. The monoisotopic (exact) mass is 160 g/mol. The first kappa shape index (κ1) is 7.10. The summed E-state index contributed by atoms with van der Waals surface area (Å²) in [5, 5.41) is 0. The van der Waals surface area contributed by atoms with Gasteiger partial charge in [-0.2, -0.15) is 0 Å². The van der Waals surface area contributed by atoms with Gasteiger partial charge >= 0.3 is 0 Å². The first-order valence-electron chi connectivity index (χ1n) is 3.78. The minimum absolute atomic E-state index is 0.723. The number of aldehydes is 1. The molecule has 2 rings (SSSR count). The molecule has 2 nitrogen and oxygen atoms in total. The van der Waals surface area contributed by atoms with E-state index < -0.39 is 0 Å². The largest absolute Gasteiger partial charge is 0.472 e. The van der Waals surface area contributed by atoms with Crippen LogP contribution in [-0.2, 0) is 9.53 Å². The van der Waals surface area contributed by atoms with Gasteiger partial charge in [0.15, 0.2) is 0 Å². The second kappa shape index (κ2) is 2.81. The number of hydrogen-bond acceptors (Lipinski definition) is 2. The predicted molar refractivity (Wildman–Crippen MR) is 45.2 cm³/mol. The van der Waals surface area contributed by atoms with Crippen LogP contribution in [0.15, 0.2) is 47.5 Å². The Bertz CT molecular complexity index is 330. The Labute approximate surface area is 70.5 Å². The molecule has 0 amide bonds. The molecular formula is C10H8O2. The SMILES string of the molecule is O=CC1=CC2=COC=CC2=CC1. The number of allylic oxidation sites excluding steroid dienone is 6. The van der Waals surface area contributed by atoms with Crippen LogP contribution in [0.3, 0.4) is 0 Å². The molecule has 0 N–H and O–H groups in total. The topological polar surface area (TPSA) is 26.3 Å². The smallest absolute Gasteiger partial charge is 0.146 e. The quantitative estimate of drug-likeness (QED) is 0.547. The summed E-state index contributed by atoms with van der Waals surface area (Å²) in [4.78, 5) is 10.5. The van der Waals surface area contributed by atoms with Gasteiger partial charge in [-0.1, -0.05) is 6.08 Å². The van der Waals surface area contributed by atoms with Crippen molar-refractivity contribution in [3.63, 3.8) is 0 Å². The van der Waals surface area contributed by atoms with Crippen LogP contribution < -0.4 is 0 Å². The van der Waals surface area contributed by atoms with Crippen molar-refractivity contribution in [3.05, 3.63) is 47.5 Å². The average molecular weight is 160 g/mol. The van der Waals surface area contributed by atoms with Gasteiger partial charge in [-0.15, -0.1) is 0 Å². The summed E-state index contributed by atoms with van der Waals surface area (Å²) in [7, 11) is 0. The maximum absolute atomic E-state index is 10.5. The van der Waals surface area contributed by atoms with Gasteiger partial charge < -0.3 is 4.74 Å². The normalized spacial score (nSPS) is 19.8. The highest BCUT2D eigenvalue weighted by molar-refractivity contribution is 5.77. The van der Waals surface area contributed by atoms with E-state index in [9.17, 15) is 4.79 Å². The molecule has 0 radical (unpaired) electrons. The van der Waals surface area contributed by atoms with Crippen LogP contribution in [0.2, 0.25) is 0 Å². The van der Waals surface area contributed by atoms with E-state index in [1.807, 2.05) is 18.2 Å². The standard InChI is InChI=1S/C10H8O2/c11-6-8-1-2-9-3-4-12-7-10(9)5-8/h2-7H,1H2. The molecule has 0 aromatic rings. The summed E-state index contributed by atoms with van der Waals surface area (Å²) in [5.74, 6) is 0. The summed E-state index contributed by atoms with van der Waals surface area (Å²) < 4.78 is 4.99. The van der Waals surface area contributed by atoms with E-state index >= 15 is 0 Å². The second-order valence-electron chi connectivity index (χ2n) is 2.71. The molecular weight excluding hydrogens is 152 g/mol. The van der Waals surface area contributed by atoms with Gasteiger partial charge in [0.2, 0.25) is 0 Å². The molecule has 12 heavy (non-hydrogen) atoms. The highest BCUT2D eigenvalue weighted by Gasteiger charge is 2.10. The van der Waals surface area contributed by atoms with Crippen LogP contribution in [0.25, 0.3) is 0 Å². The third-order valence-electron chi connectivity index (χ3n) is 1.90. The zero-order valence-corrected chi connectivity index (χ0v) is 6.49. The Morgan fingerprint density at radius 1 is 1.42 bits per heavy atom. The Hall–Kier alpha value is -1.57. The van der Waals surface area contributed by atoms with Gasteiger partial charge in [0.25, 0.3) is 0 Å². The van der Waals surface area contributed by atoms with Crippen LogP contribution in [0, 0.1) is 0 Å². The molecule has 0 fully saturated rings. The molecule has 0 spiro atoms. The van der Waals surface area contributed by atoms with Gasteiger partial charge in [0.05, 0.1) is 12.5 Å². The molecule has 2 heteroatoms. The van der Waals surface area contributed by atoms with E-state index in [0.29, 0.717) is 0 Å². The molecule has 0 bridgehead atoms. The molecule has 1 aliphatic carbocycles. The lowest BCUT2D eigenvalue weighted by molar-refractivity contribution is -0.105. The third-order valence-corrected chi connectivity index (χ3v) is 1.90. The molecule has 1 heterocycles. The summed E-state index contributed by atoms with van der Waals surface area (Å²) >= 11 is 0. The number of fused-ring (bicyclic) bond motifs is 1. The van der Waals surface area contributed by atoms with Gasteiger partial charge in [-0.25, -0.2) is 0 Å². The first-order chi connectivity index (χ1) is 5.90. The highest BCUT2D eigenvalue weighted by Crippen LogP contribution is 2.25. The van der Waals surface area contributed by atoms with E-state index in [1.165, 1.54) is 0 Å². The van der Waals surface area contributed by atoms with Crippen molar-refractivity contribution in [2.75, 3.05) is 0 Å². The molecule has 60 valence electrons. The lowest BCUT2D eigenvalue weighted by atomic mass is 9.95. The Balaban J connectivity index is 2.34. The van der Waals surface area contributed by atoms with Gasteiger partial charge in [-0.3, -0.25) is 4.79 Å². The molecule has 0 atom stereocenters. The van der Waals surface area contributed by atoms with Crippen molar-refractivity contribution >= 4 is 6.29 Å². The Morgan fingerprint density at radius 3 is 3.17 bits per heavy atom. The summed E-state index contributed by atoms with van der Waals surface area (Å²) in [6.45, 7) is 0. The molecule has 0 aromatic carbocycles. The van der Waals surface area contributed by atoms with Crippen LogP contribution in [0.4, 0.5) is 0 Å². The van der Waals surface area contributed by atoms with E-state index in [-0.39, 0.29) is 0 Å². The van der Waals surface area contributed by atoms with Crippen LogP contribution in [0.1, 0.15) is 6.42 Å². The maximum atomic E-state index is 10.5. The van der Waals surface area contributed by atoms with Crippen molar-refractivity contribution in [2.24, 2.45) is 0 Å². The summed E-state index contributed by atoms with van der Waals surface area (Å²) in [6.07, 6.45) is 10.7. The molecule has 0 unspecified atom stereocenters. The van der Waals surface area contributed by atoms with Crippen molar-refractivity contribution in [3.8, 4) is 0 Å². The number of carbonyl (C=O) groups excluding carboxylic acids is 1. The van der Waals surface area contributed by atoms with Crippen LogP contribution in [0.5, 0.6) is 0 Å². The zero-order chi connectivity index (χ0) is 8.39. The van der Waals surface area contributed by atoms with Crippen molar-refractivity contribution in [1.29, 1.82) is 0 Å². The van der Waals surface area contributed by atoms with Gasteiger partial charge in [0.1, 0.15) is 6.29 Å². The fourth-order valence-electron chi connectivity index (χ4n) is 1.26. The second-order valence-corrected chi connectivity index (χ2v) is 2.71. The predicted octanol–water partition coefficient (Wildman–Crippen LogP) is 1.87. The van der Waals surface area contributed by atoms with Crippen molar-refractivity contribution < 1.29 is 9.53 Å². The van der Waals surface area contributed by atoms with E-state index in [0.717, 1.165) is 29.4 Å². The number of carbonyl (C=O) groups is 1. The highest BCUT2D eigenvalue weighted by atomic mass is 16.5. The Morgan fingerprint density at radius 2 is 2.33 bits per heavy atom. The third kappa shape index (κ3) is 1.11. The number of ether oxygens (including phenoxy) is 1. The molecule has 0 aromatic heterocycles. The van der Waals surface area contributed by atoms with Crippen LogP contribution in [-0.4, -0.2) is 6.29 Å². The lowest BCUT2D eigenvalue weighted by Crippen LogP contribution is -1.98. The summed E-state index contributed by atoms with van der Waals surface area (Å²) in [6, 6.07) is 0. The van der Waals surface area contributed by atoms with E-state index in [4.69, 9.17) is 4.74 Å². The Kier molecular flexibility index (Phi) is 1.67. The molecule has 2 aliphatic rings. The first-order valence-corrected chi connectivity index (χ1v) is 3.78. The van der Waals surface area contributed by atoms with Crippen LogP contribution >= 0.6 is 0 Å².